The van der Waals surface area contributed by atoms with Gasteiger partial charge in [-0.25, -0.2) is 4.68 Å². The largest absolute Gasteiger partial charge is 0.325 e. The molecular formula is C11H16N6. The fourth-order valence-electron chi connectivity index (χ4n) is 2.05. The molecule has 6 heteroatoms. The van der Waals surface area contributed by atoms with E-state index in [0.29, 0.717) is 6.54 Å². The van der Waals surface area contributed by atoms with Crippen LogP contribution in [0.1, 0.15) is 18.5 Å². The molecule has 6 nitrogen and oxygen atoms in total. The third-order valence-electron chi connectivity index (χ3n) is 3.19. The van der Waals surface area contributed by atoms with Gasteiger partial charge in [0.2, 0.25) is 0 Å². The van der Waals surface area contributed by atoms with Crippen LogP contribution in [0, 0.1) is 5.92 Å². The molecule has 1 aliphatic rings. The molecule has 0 spiro atoms. The maximum atomic E-state index is 5.72. The van der Waals surface area contributed by atoms with Gasteiger partial charge in [-0.1, -0.05) is 5.21 Å². The van der Waals surface area contributed by atoms with Crippen molar-refractivity contribution in [1.82, 2.24) is 24.8 Å². The molecule has 0 atom stereocenters. The lowest BCUT2D eigenvalue weighted by molar-refractivity contribution is 0.546. The van der Waals surface area contributed by atoms with Gasteiger partial charge in [-0.2, -0.15) is 5.10 Å². The monoisotopic (exact) mass is 232 g/mol. The third kappa shape index (κ3) is 1.84. The second kappa shape index (κ2) is 3.96. The van der Waals surface area contributed by atoms with E-state index in [9.17, 15) is 0 Å². The Kier molecular flexibility index (Phi) is 2.44. The van der Waals surface area contributed by atoms with Gasteiger partial charge in [-0.05, 0) is 24.8 Å². The van der Waals surface area contributed by atoms with Crippen molar-refractivity contribution in [2.24, 2.45) is 18.7 Å². The maximum Gasteiger partial charge on any atom is 0.111 e. The summed E-state index contributed by atoms with van der Waals surface area (Å²) < 4.78 is 3.80. The number of nitrogens with two attached hydrogens (primary N) is 1. The van der Waals surface area contributed by atoms with Crippen LogP contribution in [0.4, 0.5) is 0 Å². The number of rotatable bonds is 4. The zero-order valence-electron chi connectivity index (χ0n) is 9.87. The van der Waals surface area contributed by atoms with Gasteiger partial charge in [0.25, 0.3) is 0 Å². The quantitative estimate of drug-likeness (QED) is 0.835. The van der Waals surface area contributed by atoms with E-state index in [1.165, 1.54) is 12.8 Å². The van der Waals surface area contributed by atoms with Crippen LogP contribution in [-0.4, -0.2) is 24.8 Å². The number of hydrogen-bond acceptors (Lipinski definition) is 4. The third-order valence-corrected chi connectivity index (χ3v) is 3.19. The van der Waals surface area contributed by atoms with Crippen LogP contribution in [0.3, 0.4) is 0 Å². The molecule has 0 bridgehead atoms. The minimum Gasteiger partial charge on any atom is -0.325 e. The normalized spacial score (nSPS) is 15.4. The Balaban J connectivity index is 2.05. The van der Waals surface area contributed by atoms with E-state index in [1.54, 1.807) is 6.20 Å². The number of aromatic nitrogens is 5. The van der Waals surface area contributed by atoms with Crippen LogP contribution in [0.5, 0.6) is 0 Å². The van der Waals surface area contributed by atoms with Gasteiger partial charge in [0.1, 0.15) is 11.4 Å². The molecule has 3 rings (SSSR count). The van der Waals surface area contributed by atoms with Gasteiger partial charge in [-0.3, -0.25) is 4.68 Å². The Morgan fingerprint density at radius 3 is 2.88 bits per heavy atom. The second-order valence-electron chi connectivity index (χ2n) is 4.55. The zero-order valence-corrected chi connectivity index (χ0v) is 9.87. The first-order chi connectivity index (χ1) is 8.29. The van der Waals surface area contributed by atoms with Crippen molar-refractivity contribution in [1.29, 1.82) is 0 Å². The lowest BCUT2D eigenvalue weighted by Crippen LogP contribution is -2.08. The van der Waals surface area contributed by atoms with Crippen molar-refractivity contribution < 1.29 is 0 Å². The van der Waals surface area contributed by atoms with E-state index in [0.717, 1.165) is 29.5 Å². The fourth-order valence-corrected chi connectivity index (χ4v) is 2.05. The van der Waals surface area contributed by atoms with E-state index >= 15 is 0 Å². The number of aryl methyl sites for hydroxylation is 1. The first kappa shape index (κ1) is 10.5. The van der Waals surface area contributed by atoms with E-state index in [4.69, 9.17) is 5.73 Å². The smallest absolute Gasteiger partial charge is 0.111 e. The Bertz CT molecular complexity index is 522. The molecule has 2 aromatic heterocycles. The standard InChI is InChI=1S/C11H16N6/c1-16-10(4-5-13-16)11-9(6-12)14-15-17(11)7-8-2-3-8/h4-5,8H,2-3,6-7,12H2,1H3. The van der Waals surface area contributed by atoms with E-state index in [1.807, 2.05) is 22.5 Å². The molecule has 1 saturated carbocycles. The SMILES string of the molecule is Cn1nccc1-c1c(CN)nnn1CC1CC1. The Morgan fingerprint density at radius 2 is 2.29 bits per heavy atom. The molecule has 0 saturated heterocycles. The van der Waals surface area contributed by atoms with E-state index < -0.39 is 0 Å². The molecule has 1 fully saturated rings. The highest BCUT2D eigenvalue weighted by atomic mass is 15.4. The van der Waals surface area contributed by atoms with Gasteiger partial charge in [0.15, 0.2) is 0 Å². The van der Waals surface area contributed by atoms with Crippen molar-refractivity contribution >= 4 is 0 Å². The summed E-state index contributed by atoms with van der Waals surface area (Å²) in [5.74, 6) is 0.759. The molecule has 0 amide bonds. The summed E-state index contributed by atoms with van der Waals surface area (Å²) in [7, 11) is 1.92. The number of hydrogen-bond donors (Lipinski definition) is 1. The molecule has 90 valence electrons. The molecule has 2 N–H and O–H groups in total. The summed E-state index contributed by atoms with van der Waals surface area (Å²) in [6.07, 6.45) is 4.37. The van der Waals surface area contributed by atoms with Crippen molar-refractivity contribution in [3.05, 3.63) is 18.0 Å². The molecule has 17 heavy (non-hydrogen) atoms. The van der Waals surface area contributed by atoms with Crippen LogP contribution in [-0.2, 0) is 20.1 Å². The Labute approximate surface area is 99.4 Å². The first-order valence-electron chi connectivity index (χ1n) is 5.90. The highest BCUT2D eigenvalue weighted by molar-refractivity contribution is 5.57. The van der Waals surface area contributed by atoms with Gasteiger partial charge in [0.05, 0.1) is 5.69 Å². The summed E-state index contributed by atoms with van der Waals surface area (Å²) >= 11 is 0. The lowest BCUT2D eigenvalue weighted by Gasteiger charge is -2.07. The molecule has 0 aromatic carbocycles. The van der Waals surface area contributed by atoms with Gasteiger partial charge < -0.3 is 5.73 Å². The fraction of sp³-hybridized carbons (Fsp3) is 0.545. The maximum absolute atomic E-state index is 5.72. The van der Waals surface area contributed by atoms with Crippen LogP contribution < -0.4 is 5.73 Å². The lowest BCUT2D eigenvalue weighted by atomic mass is 10.2. The van der Waals surface area contributed by atoms with Crippen molar-refractivity contribution in [2.75, 3.05) is 0 Å². The summed E-state index contributed by atoms with van der Waals surface area (Å²) in [6.45, 7) is 1.35. The molecule has 0 radical (unpaired) electrons. The molecule has 2 aromatic rings. The summed E-state index contributed by atoms with van der Waals surface area (Å²) in [5, 5.41) is 12.6. The summed E-state index contributed by atoms with van der Waals surface area (Å²) in [5.41, 5.74) is 8.60. The average Bonchev–Trinajstić information content (AvgIpc) is 2.90. The Hall–Kier alpha value is -1.69. The van der Waals surface area contributed by atoms with Crippen molar-refractivity contribution in [3.8, 4) is 11.4 Å². The van der Waals surface area contributed by atoms with Gasteiger partial charge in [0, 0.05) is 26.3 Å². The van der Waals surface area contributed by atoms with Crippen LogP contribution in [0.25, 0.3) is 11.4 Å². The minimum absolute atomic E-state index is 0.408. The van der Waals surface area contributed by atoms with E-state index in [-0.39, 0.29) is 0 Å². The minimum atomic E-state index is 0.408. The predicted octanol–water partition coefficient (Wildman–Crippen LogP) is 0.547. The van der Waals surface area contributed by atoms with Gasteiger partial charge in [-0.15, -0.1) is 5.10 Å². The Morgan fingerprint density at radius 1 is 1.47 bits per heavy atom. The predicted molar refractivity (Wildman–Crippen MR) is 62.8 cm³/mol. The van der Waals surface area contributed by atoms with Crippen LogP contribution in [0.2, 0.25) is 0 Å². The van der Waals surface area contributed by atoms with Crippen molar-refractivity contribution in [2.45, 2.75) is 25.9 Å². The molecule has 0 unspecified atom stereocenters. The molecule has 0 aliphatic heterocycles. The molecular weight excluding hydrogens is 216 g/mol. The van der Waals surface area contributed by atoms with Crippen molar-refractivity contribution in [3.63, 3.8) is 0 Å². The summed E-state index contributed by atoms with van der Waals surface area (Å²) in [6, 6.07) is 1.97. The van der Waals surface area contributed by atoms with Gasteiger partial charge >= 0.3 is 0 Å². The second-order valence-corrected chi connectivity index (χ2v) is 4.55. The van der Waals surface area contributed by atoms with E-state index in [2.05, 4.69) is 15.4 Å². The average molecular weight is 232 g/mol. The molecule has 1 aliphatic carbocycles. The topological polar surface area (TPSA) is 74.6 Å². The first-order valence-corrected chi connectivity index (χ1v) is 5.90. The summed E-state index contributed by atoms with van der Waals surface area (Å²) in [4.78, 5) is 0. The molecule has 2 heterocycles. The number of nitrogens with zero attached hydrogens (tertiary/aromatic N) is 5. The zero-order chi connectivity index (χ0) is 11.8. The van der Waals surface area contributed by atoms with Crippen LogP contribution in [0.15, 0.2) is 12.3 Å². The highest BCUT2D eigenvalue weighted by Crippen LogP contribution is 2.32. The van der Waals surface area contributed by atoms with Crippen LogP contribution >= 0.6 is 0 Å². The highest BCUT2D eigenvalue weighted by Gasteiger charge is 2.25.